The molecule has 0 aliphatic rings. The normalized spacial score (nSPS) is 16.1. The minimum atomic E-state index is -0.163. The third-order valence-corrected chi connectivity index (χ3v) is 3.73. The van der Waals surface area contributed by atoms with E-state index < -0.39 is 0 Å². The van der Waals surface area contributed by atoms with Crippen LogP contribution in [0.25, 0.3) is 0 Å². The molecular weight excluding hydrogens is 260 g/mol. The maximum atomic E-state index is 9.07. The van der Waals surface area contributed by atoms with E-state index in [-0.39, 0.29) is 12.1 Å². The molecular formula is C15H25ClN2O. The van der Waals surface area contributed by atoms with Crippen LogP contribution in [0.3, 0.4) is 0 Å². The molecule has 1 aromatic carbocycles. The van der Waals surface area contributed by atoms with E-state index in [9.17, 15) is 0 Å². The fourth-order valence-corrected chi connectivity index (χ4v) is 2.39. The molecule has 0 aromatic heterocycles. The summed E-state index contributed by atoms with van der Waals surface area (Å²) in [4.78, 5) is 0. The summed E-state index contributed by atoms with van der Waals surface area (Å²) in [5.74, 6) is 0. The van der Waals surface area contributed by atoms with E-state index >= 15 is 0 Å². The summed E-state index contributed by atoms with van der Waals surface area (Å²) in [6, 6.07) is 8.17. The molecule has 0 spiro atoms. The minimum Gasteiger partial charge on any atom is -0.396 e. The fraction of sp³-hybridized carbons (Fsp3) is 0.600. The third-order valence-electron chi connectivity index (χ3n) is 3.48. The molecule has 0 saturated carbocycles. The summed E-state index contributed by atoms with van der Waals surface area (Å²) in [7, 11) is 0. The standard InChI is InChI=1S/C15H25ClN2O/c1-3-14(8-9-19)18-15(2,11-17)10-12-4-6-13(16)7-5-12/h4-7,14,18-19H,3,8-11,17H2,1-2H3. The number of nitrogens with one attached hydrogen (secondary N) is 1. The molecule has 1 rings (SSSR count). The van der Waals surface area contributed by atoms with Crippen molar-refractivity contribution in [3.05, 3.63) is 34.9 Å². The highest BCUT2D eigenvalue weighted by atomic mass is 35.5. The molecule has 19 heavy (non-hydrogen) atoms. The maximum Gasteiger partial charge on any atom is 0.0445 e. The van der Waals surface area contributed by atoms with Gasteiger partial charge in [0.1, 0.15) is 0 Å². The number of nitrogens with two attached hydrogens (primary N) is 1. The van der Waals surface area contributed by atoms with Gasteiger partial charge in [0.2, 0.25) is 0 Å². The van der Waals surface area contributed by atoms with Crippen LogP contribution in [0.2, 0.25) is 5.02 Å². The van der Waals surface area contributed by atoms with E-state index in [1.54, 1.807) is 0 Å². The van der Waals surface area contributed by atoms with Crippen LogP contribution in [0, 0.1) is 0 Å². The molecule has 0 radical (unpaired) electrons. The van der Waals surface area contributed by atoms with Gasteiger partial charge in [-0.25, -0.2) is 0 Å². The summed E-state index contributed by atoms with van der Waals surface area (Å²) in [6.45, 7) is 5.00. The zero-order valence-corrected chi connectivity index (χ0v) is 12.6. The lowest BCUT2D eigenvalue weighted by atomic mass is 9.91. The molecule has 1 aromatic rings. The number of aliphatic hydroxyl groups excluding tert-OH is 1. The molecule has 0 bridgehead atoms. The number of hydrogen-bond donors (Lipinski definition) is 3. The first-order valence-corrected chi connectivity index (χ1v) is 7.24. The molecule has 0 aliphatic heterocycles. The van der Waals surface area contributed by atoms with Gasteiger partial charge in [0.25, 0.3) is 0 Å². The Morgan fingerprint density at radius 2 is 2.00 bits per heavy atom. The van der Waals surface area contributed by atoms with Gasteiger partial charge in [0.15, 0.2) is 0 Å². The first-order valence-electron chi connectivity index (χ1n) is 6.86. The van der Waals surface area contributed by atoms with Gasteiger partial charge in [-0.05, 0) is 43.9 Å². The topological polar surface area (TPSA) is 58.3 Å². The molecule has 0 saturated heterocycles. The Labute approximate surface area is 121 Å². The number of rotatable bonds is 8. The van der Waals surface area contributed by atoms with Crippen LogP contribution in [-0.4, -0.2) is 29.8 Å². The number of benzene rings is 1. The molecule has 0 heterocycles. The lowest BCUT2D eigenvalue weighted by Crippen LogP contribution is -2.54. The van der Waals surface area contributed by atoms with Crippen molar-refractivity contribution in [1.29, 1.82) is 0 Å². The minimum absolute atomic E-state index is 0.163. The molecule has 4 heteroatoms. The smallest absolute Gasteiger partial charge is 0.0445 e. The van der Waals surface area contributed by atoms with Crippen LogP contribution in [0.5, 0.6) is 0 Å². The Bertz CT molecular complexity index is 369. The lowest BCUT2D eigenvalue weighted by Gasteiger charge is -2.34. The molecule has 4 N–H and O–H groups in total. The van der Waals surface area contributed by atoms with E-state index in [0.717, 1.165) is 24.3 Å². The molecule has 0 aliphatic carbocycles. The van der Waals surface area contributed by atoms with Crippen molar-refractivity contribution in [1.82, 2.24) is 5.32 Å². The lowest BCUT2D eigenvalue weighted by molar-refractivity contribution is 0.233. The molecule has 0 fully saturated rings. The molecule has 3 nitrogen and oxygen atoms in total. The van der Waals surface area contributed by atoms with Crippen LogP contribution in [-0.2, 0) is 6.42 Å². The Kier molecular flexibility index (Phi) is 6.80. The van der Waals surface area contributed by atoms with Crippen molar-refractivity contribution in [2.45, 2.75) is 44.7 Å². The number of halogens is 1. The van der Waals surface area contributed by atoms with Crippen LogP contribution >= 0.6 is 11.6 Å². The Balaban J connectivity index is 2.70. The second-order valence-electron chi connectivity index (χ2n) is 5.33. The van der Waals surface area contributed by atoms with Gasteiger partial charge < -0.3 is 16.2 Å². The number of hydrogen-bond acceptors (Lipinski definition) is 3. The highest BCUT2D eigenvalue weighted by Crippen LogP contribution is 2.17. The van der Waals surface area contributed by atoms with Crippen molar-refractivity contribution < 1.29 is 5.11 Å². The molecule has 2 unspecified atom stereocenters. The number of aliphatic hydroxyl groups is 1. The van der Waals surface area contributed by atoms with E-state index in [2.05, 4.69) is 19.2 Å². The fourth-order valence-electron chi connectivity index (χ4n) is 2.26. The van der Waals surface area contributed by atoms with E-state index in [1.165, 1.54) is 5.56 Å². The van der Waals surface area contributed by atoms with Crippen LogP contribution in [0.4, 0.5) is 0 Å². The third kappa shape index (κ3) is 5.49. The first kappa shape index (κ1) is 16.4. The van der Waals surface area contributed by atoms with Crippen molar-refractivity contribution in [2.24, 2.45) is 5.73 Å². The van der Waals surface area contributed by atoms with Crippen LogP contribution in [0.1, 0.15) is 32.3 Å². The van der Waals surface area contributed by atoms with E-state index in [1.807, 2.05) is 24.3 Å². The predicted molar refractivity (Wildman–Crippen MR) is 81.5 cm³/mol. The Morgan fingerprint density at radius 3 is 2.47 bits per heavy atom. The summed E-state index contributed by atoms with van der Waals surface area (Å²) in [6.07, 6.45) is 2.59. The highest BCUT2D eigenvalue weighted by molar-refractivity contribution is 6.30. The van der Waals surface area contributed by atoms with Gasteiger partial charge in [-0.3, -0.25) is 0 Å². The van der Waals surface area contributed by atoms with Crippen molar-refractivity contribution in [2.75, 3.05) is 13.2 Å². The average molecular weight is 285 g/mol. The zero-order chi connectivity index (χ0) is 14.3. The quantitative estimate of drug-likeness (QED) is 0.687. The van der Waals surface area contributed by atoms with Gasteiger partial charge in [-0.1, -0.05) is 30.7 Å². The summed E-state index contributed by atoms with van der Waals surface area (Å²) in [5, 5.41) is 13.4. The molecule has 108 valence electrons. The zero-order valence-electron chi connectivity index (χ0n) is 11.8. The van der Waals surface area contributed by atoms with Gasteiger partial charge in [-0.15, -0.1) is 0 Å². The first-order chi connectivity index (χ1) is 9.03. The summed E-state index contributed by atoms with van der Waals surface area (Å²) >= 11 is 5.90. The van der Waals surface area contributed by atoms with Crippen molar-refractivity contribution in [3.8, 4) is 0 Å². The SMILES string of the molecule is CCC(CCO)NC(C)(CN)Cc1ccc(Cl)cc1. The summed E-state index contributed by atoms with van der Waals surface area (Å²) in [5.41, 5.74) is 6.98. The van der Waals surface area contributed by atoms with Crippen LogP contribution < -0.4 is 11.1 Å². The van der Waals surface area contributed by atoms with Gasteiger partial charge in [0.05, 0.1) is 0 Å². The molecule has 2 atom stereocenters. The average Bonchev–Trinajstić information content (AvgIpc) is 2.41. The monoisotopic (exact) mass is 284 g/mol. The van der Waals surface area contributed by atoms with E-state index in [4.69, 9.17) is 22.4 Å². The van der Waals surface area contributed by atoms with E-state index in [0.29, 0.717) is 12.6 Å². The van der Waals surface area contributed by atoms with Gasteiger partial charge in [0, 0.05) is 29.8 Å². The Hall–Kier alpha value is -0.610. The second-order valence-corrected chi connectivity index (χ2v) is 5.77. The van der Waals surface area contributed by atoms with Gasteiger partial charge in [-0.2, -0.15) is 0 Å². The van der Waals surface area contributed by atoms with Crippen LogP contribution in [0.15, 0.2) is 24.3 Å². The Morgan fingerprint density at radius 1 is 1.37 bits per heavy atom. The summed E-state index contributed by atoms with van der Waals surface area (Å²) < 4.78 is 0. The predicted octanol–water partition coefficient (Wildman–Crippen LogP) is 2.35. The largest absolute Gasteiger partial charge is 0.396 e. The molecule has 0 amide bonds. The van der Waals surface area contributed by atoms with Gasteiger partial charge >= 0.3 is 0 Å². The second kappa shape index (κ2) is 7.85. The van der Waals surface area contributed by atoms with Crippen molar-refractivity contribution in [3.63, 3.8) is 0 Å². The highest BCUT2D eigenvalue weighted by Gasteiger charge is 2.25. The maximum absolute atomic E-state index is 9.07. The van der Waals surface area contributed by atoms with Crippen molar-refractivity contribution >= 4 is 11.6 Å².